The van der Waals surface area contributed by atoms with Gasteiger partial charge in [0.25, 0.3) is 0 Å². The number of rotatable bonds is 8. The van der Waals surface area contributed by atoms with E-state index in [4.69, 9.17) is 0 Å². The van der Waals surface area contributed by atoms with Crippen LogP contribution in [0.3, 0.4) is 0 Å². The van der Waals surface area contributed by atoms with Gasteiger partial charge in [0.15, 0.2) is 21.5 Å². The van der Waals surface area contributed by atoms with Crippen LogP contribution in [-0.4, -0.2) is 25.8 Å². The lowest BCUT2D eigenvalue weighted by atomic mass is 10.1. The Kier molecular flexibility index (Phi) is 6.85. The van der Waals surface area contributed by atoms with Crippen molar-refractivity contribution in [3.05, 3.63) is 71.3 Å². The third kappa shape index (κ3) is 6.22. The van der Waals surface area contributed by atoms with Crippen molar-refractivity contribution in [1.29, 1.82) is 0 Å². The van der Waals surface area contributed by atoms with Gasteiger partial charge >= 0.3 is 0 Å². The molecule has 0 spiro atoms. The van der Waals surface area contributed by atoms with E-state index in [0.717, 1.165) is 17.7 Å². The van der Waals surface area contributed by atoms with Crippen molar-refractivity contribution < 1.29 is 22.0 Å². The molecule has 2 aromatic rings. The molecule has 1 unspecified atom stereocenters. The predicted molar refractivity (Wildman–Crippen MR) is 96.3 cm³/mol. The van der Waals surface area contributed by atoms with E-state index in [1.54, 1.807) is 6.92 Å². The van der Waals surface area contributed by atoms with Gasteiger partial charge in [-0.3, -0.25) is 4.79 Å². The Morgan fingerprint density at radius 3 is 2.42 bits per heavy atom. The van der Waals surface area contributed by atoms with E-state index in [2.05, 4.69) is 5.32 Å². The number of carbonyl (C=O) groups is 1. The van der Waals surface area contributed by atoms with Crippen LogP contribution in [0.1, 0.15) is 30.5 Å². The SMILES string of the molecule is CC(NC(=O)CS(=O)(=O)CCCc1ccccc1)c1ccc(F)c(F)c1. The average molecular weight is 381 g/mol. The quantitative estimate of drug-likeness (QED) is 0.764. The molecule has 0 bridgehead atoms. The Balaban J connectivity index is 1.84. The van der Waals surface area contributed by atoms with Crippen molar-refractivity contribution in [3.8, 4) is 0 Å². The number of halogens is 2. The van der Waals surface area contributed by atoms with Crippen molar-refractivity contribution >= 4 is 15.7 Å². The van der Waals surface area contributed by atoms with Gasteiger partial charge in [-0.1, -0.05) is 36.4 Å². The minimum Gasteiger partial charge on any atom is -0.349 e. The first-order chi connectivity index (χ1) is 12.3. The molecule has 0 aromatic heterocycles. The summed E-state index contributed by atoms with van der Waals surface area (Å²) in [6, 6.07) is 12.2. The Morgan fingerprint density at radius 1 is 1.08 bits per heavy atom. The van der Waals surface area contributed by atoms with E-state index in [9.17, 15) is 22.0 Å². The van der Waals surface area contributed by atoms with Gasteiger partial charge in [0.1, 0.15) is 5.75 Å². The van der Waals surface area contributed by atoms with Crippen LogP contribution in [0.25, 0.3) is 0 Å². The number of benzene rings is 2. The predicted octanol–water partition coefficient (Wildman–Crippen LogP) is 3.19. The molecule has 1 N–H and O–H groups in total. The molecule has 1 atom stereocenters. The van der Waals surface area contributed by atoms with E-state index in [0.29, 0.717) is 18.4 Å². The molecule has 0 aliphatic rings. The van der Waals surface area contributed by atoms with Crippen LogP contribution >= 0.6 is 0 Å². The molecule has 0 saturated heterocycles. The Morgan fingerprint density at radius 2 is 1.77 bits per heavy atom. The number of carbonyl (C=O) groups excluding carboxylic acids is 1. The standard InChI is InChI=1S/C19H21F2NO3S/c1-14(16-9-10-17(20)18(21)12-16)22-19(23)13-26(24,25)11-5-8-15-6-3-2-4-7-15/h2-4,6-7,9-10,12,14H,5,8,11,13H2,1H3,(H,22,23). The largest absolute Gasteiger partial charge is 0.349 e. The maximum atomic E-state index is 13.2. The Hall–Kier alpha value is -2.28. The zero-order valence-corrected chi connectivity index (χ0v) is 15.2. The molecule has 2 rings (SSSR count). The highest BCUT2D eigenvalue weighted by Gasteiger charge is 2.19. The highest BCUT2D eigenvalue weighted by Crippen LogP contribution is 2.16. The van der Waals surface area contributed by atoms with Gasteiger partial charge in [-0.2, -0.15) is 0 Å². The van der Waals surface area contributed by atoms with Gasteiger partial charge < -0.3 is 5.32 Å². The van der Waals surface area contributed by atoms with Gasteiger partial charge in [0.05, 0.1) is 11.8 Å². The number of hydrogen-bond acceptors (Lipinski definition) is 3. The molecule has 7 heteroatoms. The summed E-state index contributed by atoms with van der Waals surface area (Å²) < 4.78 is 50.3. The van der Waals surface area contributed by atoms with Gasteiger partial charge in [0, 0.05) is 0 Å². The first-order valence-corrected chi connectivity index (χ1v) is 10.1. The third-order valence-corrected chi connectivity index (χ3v) is 5.55. The van der Waals surface area contributed by atoms with Crippen LogP contribution in [0, 0.1) is 11.6 Å². The summed E-state index contributed by atoms with van der Waals surface area (Å²) in [6.07, 6.45) is 1.05. The molecule has 26 heavy (non-hydrogen) atoms. The summed E-state index contributed by atoms with van der Waals surface area (Å²) in [5, 5.41) is 2.50. The first-order valence-electron chi connectivity index (χ1n) is 8.25. The maximum absolute atomic E-state index is 13.2. The number of aryl methyl sites for hydroxylation is 1. The van der Waals surface area contributed by atoms with E-state index >= 15 is 0 Å². The summed E-state index contributed by atoms with van der Waals surface area (Å²) in [5.41, 5.74) is 1.40. The maximum Gasteiger partial charge on any atom is 0.235 e. The van der Waals surface area contributed by atoms with Gasteiger partial charge in [-0.05, 0) is 43.0 Å². The summed E-state index contributed by atoms with van der Waals surface area (Å²) in [5.74, 6) is -3.38. The number of hydrogen-bond donors (Lipinski definition) is 1. The lowest BCUT2D eigenvalue weighted by Crippen LogP contribution is -2.33. The summed E-state index contributed by atoms with van der Waals surface area (Å²) >= 11 is 0. The first kappa shape index (κ1) is 20.0. The van der Waals surface area contributed by atoms with E-state index < -0.39 is 39.2 Å². The van der Waals surface area contributed by atoms with Crippen molar-refractivity contribution in [1.82, 2.24) is 5.32 Å². The number of sulfone groups is 1. The number of amides is 1. The molecular formula is C19H21F2NO3S. The van der Waals surface area contributed by atoms with Gasteiger partial charge in [0.2, 0.25) is 5.91 Å². The topological polar surface area (TPSA) is 63.2 Å². The van der Waals surface area contributed by atoms with Gasteiger partial charge in [-0.25, -0.2) is 17.2 Å². The van der Waals surface area contributed by atoms with Gasteiger partial charge in [-0.15, -0.1) is 0 Å². The van der Waals surface area contributed by atoms with Crippen molar-refractivity contribution in [2.45, 2.75) is 25.8 Å². The second-order valence-corrected chi connectivity index (χ2v) is 8.33. The number of nitrogens with one attached hydrogen (secondary N) is 1. The molecule has 0 fully saturated rings. The molecular weight excluding hydrogens is 360 g/mol. The summed E-state index contributed by atoms with van der Waals surface area (Å²) in [6.45, 7) is 1.58. The fraction of sp³-hybridized carbons (Fsp3) is 0.316. The Labute approximate surface area is 152 Å². The monoisotopic (exact) mass is 381 g/mol. The normalized spacial score (nSPS) is 12.6. The summed E-state index contributed by atoms with van der Waals surface area (Å²) in [4.78, 5) is 12.0. The average Bonchev–Trinajstić information content (AvgIpc) is 2.57. The van der Waals surface area contributed by atoms with Crippen LogP contribution < -0.4 is 5.32 Å². The highest BCUT2D eigenvalue weighted by atomic mass is 32.2. The highest BCUT2D eigenvalue weighted by molar-refractivity contribution is 7.92. The van der Waals surface area contributed by atoms with Crippen LogP contribution in [0.5, 0.6) is 0 Å². The molecule has 1 amide bonds. The molecule has 0 aliphatic heterocycles. The lowest BCUT2D eigenvalue weighted by Gasteiger charge is -2.14. The fourth-order valence-electron chi connectivity index (χ4n) is 2.56. The van der Waals surface area contributed by atoms with Crippen molar-refractivity contribution in [2.75, 3.05) is 11.5 Å². The molecule has 2 aromatic carbocycles. The van der Waals surface area contributed by atoms with Crippen molar-refractivity contribution in [2.24, 2.45) is 0 Å². The minimum atomic E-state index is -3.54. The molecule has 0 heterocycles. The fourth-order valence-corrected chi connectivity index (χ4v) is 3.77. The molecule has 0 radical (unpaired) electrons. The van der Waals surface area contributed by atoms with Crippen LogP contribution in [-0.2, 0) is 21.1 Å². The van der Waals surface area contributed by atoms with E-state index in [-0.39, 0.29) is 5.75 Å². The van der Waals surface area contributed by atoms with Crippen molar-refractivity contribution in [3.63, 3.8) is 0 Å². The smallest absolute Gasteiger partial charge is 0.235 e. The van der Waals surface area contributed by atoms with E-state index in [1.807, 2.05) is 30.3 Å². The lowest BCUT2D eigenvalue weighted by molar-refractivity contribution is -0.119. The zero-order chi connectivity index (χ0) is 19.2. The molecule has 4 nitrogen and oxygen atoms in total. The second kappa shape index (κ2) is 8.89. The minimum absolute atomic E-state index is 0.0884. The third-order valence-electron chi connectivity index (χ3n) is 3.94. The summed E-state index contributed by atoms with van der Waals surface area (Å²) in [7, 11) is -3.54. The van der Waals surface area contributed by atoms with Crippen LogP contribution in [0.15, 0.2) is 48.5 Å². The molecule has 140 valence electrons. The second-order valence-electron chi connectivity index (χ2n) is 6.14. The van der Waals surface area contributed by atoms with Crippen LogP contribution in [0.4, 0.5) is 8.78 Å². The Bertz CT molecular complexity index is 854. The van der Waals surface area contributed by atoms with Crippen LogP contribution in [0.2, 0.25) is 0 Å². The molecule has 0 aliphatic carbocycles. The zero-order valence-electron chi connectivity index (χ0n) is 14.4. The molecule has 0 saturated carbocycles. The van der Waals surface area contributed by atoms with E-state index in [1.165, 1.54) is 6.07 Å².